The van der Waals surface area contributed by atoms with Gasteiger partial charge < -0.3 is 9.47 Å². The van der Waals surface area contributed by atoms with Crippen molar-refractivity contribution in [2.24, 2.45) is 11.3 Å². The first-order valence-corrected chi connectivity index (χ1v) is 11.9. The third-order valence-electron chi connectivity index (χ3n) is 6.59. The first kappa shape index (κ1) is 28.5. The molecule has 0 heterocycles. The molecule has 0 aliphatic heterocycles. The molecule has 1 aromatic carbocycles. The largest absolute Gasteiger partial charge is 0.393 e. The van der Waals surface area contributed by atoms with Crippen molar-refractivity contribution >= 4 is 23.9 Å². The molecule has 0 aromatic heterocycles. The number of carbonyl (C=O) groups excluding carboxylic acids is 4. The van der Waals surface area contributed by atoms with E-state index in [0.29, 0.717) is 12.0 Å². The molecule has 1 saturated carbocycles. The minimum absolute atomic E-state index is 0.0506. The summed E-state index contributed by atoms with van der Waals surface area (Å²) in [7, 11) is 0. The second kappa shape index (κ2) is 12.7. The summed E-state index contributed by atoms with van der Waals surface area (Å²) < 4.78 is 9.48. The van der Waals surface area contributed by atoms with Crippen LogP contribution < -0.4 is 0 Å². The van der Waals surface area contributed by atoms with E-state index >= 15 is 0 Å². The van der Waals surface area contributed by atoms with Gasteiger partial charge in [0.2, 0.25) is 0 Å². The van der Waals surface area contributed by atoms with Gasteiger partial charge in [0.15, 0.2) is 0 Å². The van der Waals surface area contributed by atoms with Gasteiger partial charge in [0.1, 0.15) is 0 Å². The molecule has 0 radical (unpaired) electrons. The highest BCUT2D eigenvalue weighted by Gasteiger charge is 2.32. The van der Waals surface area contributed by atoms with E-state index < -0.39 is 17.4 Å². The fourth-order valence-electron chi connectivity index (χ4n) is 3.25. The minimum Gasteiger partial charge on any atom is -0.393 e. The zero-order valence-corrected chi connectivity index (χ0v) is 21.3. The Morgan fingerprint density at radius 3 is 1.85 bits per heavy atom. The SMILES string of the molecule is CCC(C)(C)C(=O)OC(=O)C1CCCCC1.CCC(C)(C)c1ccc(C(=O)OC(C)=O)cc1. The molecule has 0 atom stereocenters. The molecule has 184 valence electrons. The van der Waals surface area contributed by atoms with Crippen molar-refractivity contribution in [1.29, 1.82) is 0 Å². The Labute approximate surface area is 198 Å². The second-order valence-electron chi connectivity index (χ2n) is 9.98. The van der Waals surface area contributed by atoms with Crippen LogP contribution >= 0.6 is 0 Å². The Kier molecular flexibility index (Phi) is 10.9. The van der Waals surface area contributed by atoms with Crippen molar-refractivity contribution in [2.75, 3.05) is 0 Å². The molecule has 6 nitrogen and oxygen atoms in total. The Balaban J connectivity index is 0.000000331. The number of hydrogen-bond donors (Lipinski definition) is 0. The Morgan fingerprint density at radius 1 is 0.848 bits per heavy atom. The van der Waals surface area contributed by atoms with Gasteiger partial charge in [-0.2, -0.15) is 0 Å². The number of ether oxygens (including phenoxy) is 2. The molecule has 1 aromatic rings. The molecule has 0 amide bonds. The summed E-state index contributed by atoms with van der Waals surface area (Å²) in [5, 5.41) is 0. The highest BCUT2D eigenvalue weighted by atomic mass is 16.6. The quantitative estimate of drug-likeness (QED) is 0.374. The van der Waals surface area contributed by atoms with Crippen molar-refractivity contribution in [2.45, 2.75) is 98.8 Å². The Morgan fingerprint density at radius 2 is 1.39 bits per heavy atom. The predicted octanol–water partition coefficient (Wildman–Crippen LogP) is 6.15. The van der Waals surface area contributed by atoms with Crippen LogP contribution in [0.5, 0.6) is 0 Å². The van der Waals surface area contributed by atoms with Gasteiger partial charge in [0.05, 0.1) is 16.9 Å². The van der Waals surface area contributed by atoms with Crippen molar-refractivity contribution in [3.8, 4) is 0 Å². The van der Waals surface area contributed by atoms with Gasteiger partial charge in [-0.25, -0.2) is 4.79 Å². The molecule has 1 fully saturated rings. The van der Waals surface area contributed by atoms with E-state index in [1.165, 1.54) is 18.9 Å². The second-order valence-corrected chi connectivity index (χ2v) is 9.98. The van der Waals surface area contributed by atoms with E-state index in [0.717, 1.165) is 32.1 Å². The van der Waals surface area contributed by atoms with E-state index in [2.05, 4.69) is 25.5 Å². The van der Waals surface area contributed by atoms with Gasteiger partial charge in [-0.15, -0.1) is 0 Å². The number of esters is 4. The van der Waals surface area contributed by atoms with E-state index in [-0.39, 0.29) is 23.3 Å². The van der Waals surface area contributed by atoms with Crippen LogP contribution in [0.15, 0.2) is 24.3 Å². The van der Waals surface area contributed by atoms with Crippen LogP contribution in [0.3, 0.4) is 0 Å². The van der Waals surface area contributed by atoms with E-state index in [9.17, 15) is 19.2 Å². The zero-order valence-electron chi connectivity index (χ0n) is 21.3. The molecule has 0 saturated heterocycles. The number of hydrogen-bond acceptors (Lipinski definition) is 6. The Hall–Kier alpha value is -2.50. The third kappa shape index (κ3) is 9.10. The van der Waals surface area contributed by atoms with Crippen molar-refractivity contribution in [3.63, 3.8) is 0 Å². The molecule has 0 bridgehead atoms. The molecule has 0 N–H and O–H groups in total. The lowest BCUT2D eigenvalue weighted by Crippen LogP contribution is -2.31. The van der Waals surface area contributed by atoms with Gasteiger partial charge in [-0.3, -0.25) is 14.4 Å². The van der Waals surface area contributed by atoms with Crippen LogP contribution in [0.2, 0.25) is 0 Å². The van der Waals surface area contributed by atoms with Gasteiger partial charge in [-0.1, -0.05) is 59.1 Å². The molecule has 6 heteroatoms. The first-order chi connectivity index (χ1) is 15.3. The lowest BCUT2D eigenvalue weighted by atomic mass is 9.82. The normalized spacial score (nSPS) is 14.5. The number of benzene rings is 1. The lowest BCUT2D eigenvalue weighted by molar-refractivity contribution is -0.169. The fourth-order valence-corrected chi connectivity index (χ4v) is 3.25. The summed E-state index contributed by atoms with van der Waals surface area (Å²) >= 11 is 0. The summed E-state index contributed by atoms with van der Waals surface area (Å²) in [6.45, 7) is 13.2. The van der Waals surface area contributed by atoms with Crippen LogP contribution in [-0.4, -0.2) is 23.9 Å². The summed E-state index contributed by atoms with van der Waals surface area (Å²) in [4.78, 5) is 45.5. The maximum Gasteiger partial charge on any atom is 0.345 e. The summed E-state index contributed by atoms with van der Waals surface area (Å²) in [6, 6.07) is 7.19. The number of rotatable bonds is 6. The fraction of sp³-hybridized carbons (Fsp3) is 0.630. The topological polar surface area (TPSA) is 86.7 Å². The molecular formula is C27H40O6. The van der Waals surface area contributed by atoms with Crippen LogP contribution in [0.1, 0.15) is 109 Å². The average Bonchev–Trinajstić information content (AvgIpc) is 2.79. The molecule has 33 heavy (non-hydrogen) atoms. The van der Waals surface area contributed by atoms with E-state index in [1.54, 1.807) is 12.1 Å². The average molecular weight is 461 g/mol. The van der Waals surface area contributed by atoms with Crippen LogP contribution in [0.25, 0.3) is 0 Å². The highest BCUT2D eigenvalue weighted by Crippen LogP contribution is 2.28. The molecule has 0 spiro atoms. The molecule has 1 aliphatic rings. The summed E-state index contributed by atoms with van der Waals surface area (Å²) in [6.07, 6.45) is 6.79. The summed E-state index contributed by atoms with van der Waals surface area (Å²) in [5.41, 5.74) is 1.10. The Bertz CT molecular complexity index is 814. The van der Waals surface area contributed by atoms with E-state index in [1.807, 2.05) is 32.9 Å². The van der Waals surface area contributed by atoms with Crippen LogP contribution in [-0.2, 0) is 29.3 Å². The molecule has 0 unspecified atom stereocenters. The third-order valence-corrected chi connectivity index (χ3v) is 6.59. The standard InChI is InChI=1S/C14H18O3.C13H22O3/c1-5-14(3,4)12-8-6-11(7-9-12)13(16)17-10(2)15;1-4-13(2,3)12(15)16-11(14)10-8-6-5-7-9-10/h6-9H,5H2,1-4H3;10H,4-9H2,1-3H3. The van der Waals surface area contributed by atoms with Crippen LogP contribution in [0.4, 0.5) is 0 Å². The number of carbonyl (C=O) groups is 4. The lowest BCUT2D eigenvalue weighted by Gasteiger charge is -2.23. The minimum atomic E-state index is -0.599. The van der Waals surface area contributed by atoms with Crippen molar-refractivity contribution in [1.82, 2.24) is 0 Å². The monoisotopic (exact) mass is 460 g/mol. The maximum absolute atomic E-state index is 11.7. The molecule has 1 aliphatic carbocycles. The van der Waals surface area contributed by atoms with Crippen molar-refractivity contribution in [3.05, 3.63) is 35.4 Å². The van der Waals surface area contributed by atoms with Crippen molar-refractivity contribution < 1.29 is 28.7 Å². The van der Waals surface area contributed by atoms with Crippen LogP contribution in [0, 0.1) is 11.3 Å². The van der Waals surface area contributed by atoms with Gasteiger partial charge >= 0.3 is 23.9 Å². The van der Waals surface area contributed by atoms with Gasteiger partial charge in [0.25, 0.3) is 0 Å². The van der Waals surface area contributed by atoms with Gasteiger partial charge in [-0.05, 0) is 62.6 Å². The van der Waals surface area contributed by atoms with Gasteiger partial charge in [0, 0.05) is 6.92 Å². The first-order valence-electron chi connectivity index (χ1n) is 11.9. The maximum atomic E-state index is 11.7. The molecular weight excluding hydrogens is 420 g/mol. The molecule has 2 rings (SSSR count). The highest BCUT2D eigenvalue weighted by molar-refractivity contribution is 5.96. The zero-order chi connectivity index (χ0) is 25.2. The summed E-state index contributed by atoms with van der Waals surface area (Å²) in [5.74, 6) is -1.94. The van der Waals surface area contributed by atoms with E-state index in [4.69, 9.17) is 4.74 Å². The smallest absolute Gasteiger partial charge is 0.345 e. The predicted molar refractivity (Wildman–Crippen MR) is 128 cm³/mol.